The van der Waals surface area contributed by atoms with E-state index in [1.807, 2.05) is 59.7 Å². The van der Waals surface area contributed by atoms with Crippen molar-refractivity contribution in [2.24, 2.45) is 5.41 Å². The summed E-state index contributed by atoms with van der Waals surface area (Å²) in [6.07, 6.45) is 0.651. The van der Waals surface area contributed by atoms with E-state index in [9.17, 15) is 14.4 Å². The Kier molecular flexibility index (Phi) is 8.46. The van der Waals surface area contributed by atoms with Crippen LogP contribution in [0.1, 0.15) is 78.4 Å². The molecule has 178 valence electrons. The van der Waals surface area contributed by atoms with E-state index in [0.717, 1.165) is 11.1 Å². The molecular formula is C26H33BrN2O4. The van der Waals surface area contributed by atoms with E-state index in [2.05, 4.69) is 21.4 Å². The molecule has 33 heavy (non-hydrogen) atoms. The third kappa shape index (κ3) is 6.44. The fourth-order valence-electron chi connectivity index (χ4n) is 4.03. The number of ether oxygens (including phenoxy) is 1. The molecule has 0 heterocycles. The molecule has 0 spiro atoms. The second kappa shape index (κ2) is 10.5. The van der Waals surface area contributed by atoms with Crippen LogP contribution in [-0.2, 0) is 4.79 Å². The third-order valence-corrected chi connectivity index (χ3v) is 6.08. The summed E-state index contributed by atoms with van der Waals surface area (Å²) in [7, 11) is 0. The SMILES string of the molecule is CC[C@@H](N(NC(=O)c1ccc(Br)c(OC(C)=O)c1C)C(=O)c1cc(C)cc(C)c1)C(C)(C)C. The Bertz CT molecular complexity index is 1050. The molecule has 0 saturated carbocycles. The zero-order chi connectivity index (χ0) is 25.1. The van der Waals surface area contributed by atoms with Gasteiger partial charge in [0.05, 0.1) is 10.5 Å². The summed E-state index contributed by atoms with van der Waals surface area (Å²) < 4.78 is 5.86. The van der Waals surface area contributed by atoms with Crippen LogP contribution in [0.15, 0.2) is 34.8 Å². The molecule has 0 aliphatic rings. The smallest absolute Gasteiger partial charge is 0.308 e. The number of rotatable bonds is 5. The molecule has 2 amide bonds. The Morgan fingerprint density at radius 1 is 1.06 bits per heavy atom. The number of aryl methyl sites for hydroxylation is 2. The van der Waals surface area contributed by atoms with E-state index in [1.54, 1.807) is 19.1 Å². The summed E-state index contributed by atoms with van der Waals surface area (Å²) in [4.78, 5) is 38.6. The monoisotopic (exact) mass is 516 g/mol. The van der Waals surface area contributed by atoms with Gasteiger partial charge in [0.1, 0.15) is 5.75 Å². The minimum absolute atomic E-state index is 0.251. The lowest BCUT2D eigenvalue weighted by atomic mass is 9.84. The largest absolute Gasteiger partial charge is 0.425 e. The van der Waals surface area contributed by atoms with Gasteiger partial charge in [0, 0.05) is 23.6 Å². The summed E-state index contributed by atoms with van der Waals surface area (Å²) in [5.41, 5.74) is 5.86. The maximum Gasteiger partial charge on any atom is 0.308 e. The lowest BCUT2D eigenvalue weighted by Crippen LogP contribution is -2.56. The molecule has 0 radical (unpaired) electrons. The third-order valence-electron chi connectivity index (χ3n) is 5.46. The first-order valence-electron chi connectivity index (χ1n) is 11.0. The summed E-state index contributed by atoms with van der Waals surface area (Å²) in [6, 6.07) is 8.69. The van der Waals surface area contributed by atoms with Crippen LogP contribution in [0.3, 0.4) is 0 Å². The number of halogens is 1. The van der Waals surface area contributed by atoms with Gasteiger partial charge in [-0.2, -0.15) is 0 Å². The molecule has 7 heteroatoms. The number of nitrogens with zero attached hydrogens (tertiary/aromatic N) is 1. The zero-order valence-electron chi connectivity index (χ0n) is 20.6. The van der Waals surface area contributed by atoms with Gasteiger partial charge in [-0.05, 0) is 72.8 Å². The van der Waals surface area contributed by atoms with Crippen molar-refractivity contribution in [2.45, 2.75) is 67.9 Å². The fourth-order valence-corrected chi connectivity index (χ4v) is 4.54. The highest BCUT2D eigenvalue weighted by molar-refractivity contribution is 9.10. The van der Waals surface area contributed by atoms with Crippen LogP contribution < -0.4 is 10.2 Å². The number of hydrogen-bond donors (Lipinski definition) is 1. The van der Waals surface area contributed by atoms with Crippen LogP contribution in [-0.4, -0.2) is 28.8 Å². The van der Waals surface area contributed by atoms with Gasteiger partial charge in [-0.3, -0.25) is 19.8 Å². The average molecular weight is 517 g/mol. The van der Waals surface area contributed by atoms with Gasteiger partial charge >= 0.3 is 5.97 Å². The predicted molar refractivity (Wildman–Crippen MR) is 133 cm³/mol. The van der Waals surface area contributed by atoms with E-state index in [4.69, 9.17) is 4.74 Å². The Balaban J connectivity index is 2.52. The molecule has 0 fully saturated rings. The molecule has 0 saturated heterocycles. The lowest BCUT2D eigenvalue weighted by Gasteiger charge is -2.39. The van der Waals surface area contributed by atoms with Gasteiger partial charge in [0.2, 0.25) is 0 Å². The second-order valence-electron chi connectivity index (χ2n) is 9.43. The van der Waals surface area contributed by atoms with Crippen molar-refractivity contribution in [3.8, 4) is 5.75 Å². The van der Waals surface area contributed by atoms with Gasteiger partial charge in [0.15, 0.2) is 0 Å². The first-order valence-corrected chi connectivity index (χ1v) is 11.8. The van der Waals surface area contributed by atoms with Gasteiger partial charge in [-0.15, -0.1) is 0 Å². The normalized spacial score (nSPS) is 12.2. The topological polar surface area (TPSA) is 75.7 Å². The quantitative estimate of drug-likeness (QED) is 0.304. The molecule has 2 aromatic rings. The first-order chi connectivity index (χ1) is 15.3. The fraction of sp³-hybridized carbons (Fsp3) is 0.423. The number of hydrazine groups is 1. The van der Waals surface area contributed by atoms with Crippen LogP contribution in [0.2, 0.25) is 0 Å². The maximum absolute atomic E-state index is 13.6. The molecule has 1 N–H and O–H groups in total. The van der Waals surface area contributed by atoms with Crippen molar-refractivity contribution in [3.63, 3.8) is 0 Å². The van der Waals surface area contributed by atoms with Crippen LogP contribution in [0.25, 0.3) is 0 Å². The second-order valence-corrected chi connectivity index (χ2v) is 10.3. The highest BCUT2D eigenvalue weighted by Crippen LogP contribution is 2.32. The van der Waals surface area contributed by atoms with Crippen LogP contribution in [0, 0.1) is 26.2 Å². The van der Waals surface area contributed by atoms with Crippen molar-refractivity contribution in [1.29, 1.82) is 0 Å². The molecule has 0 aliphatic carbocycles. The van der Waals surface area contributed by atoms with Crippen molar-refractivity contribution in [1.82, 2.24) is 10.4 Å². The van der Waals surface area contributed by atoms with Gasteiger partial charge < -0.3 is 4.74 Å². The Morgan fingerprint density at radius 3 is 2.12 bits per heavy atom. The summed E-state index contributed by atoms with van der Waals surface area (Å²) in [5.74, 6) is -0.923. The van der Waals surface area contributed by atoms with E-state index >= 15 is 0 Å². The highest BCUT2D eigenvalue weighted by Gasteiger charge is 2.34. The van der Waals surface area contributed by atoms with Crippen molar-refractivity contribution in [2.75, 3.05) is 0 Å². The van der Waals surface area contributed by atoms with Gasteiger partial charge in [-0.1, -0.05) is 44.9 Å². The molecule has 1 atom stereocenters. The molecule has 0 unspecified atom stereocenters. The van der Waals surface area contributed by atoms with E-state index in [-0.39, 0.29) is 23.1 Å². The van der Waals surface area contributed by atoms with Gasteiger partial charge in [0.25, 0.3) is 11.8 Å². The van der Waals surface area contributed by atoms with E-state index in [0.29, 0.717) is 27.6 Å². The number of carbonyl (C=O) groups is 3. The van der Waals surface area contributed by atoms with Crippen LogP contribution >= 0.6 is 15.9 Å². The Hall–Kier alpha value is -2.67. The molecule has 2 rings (SSSR count). The van der Waals surface area contributed by atoms with E-state index < -0.39 is 11.9 Å². The molecular weight excluding hydrogens is 484 g/mol. The number of nitrogens with one attached hydrogen (secondary N) is 1. The zero-order valence-corrected chi connectivity index (χ0v) is 22.2. The molecule has 0 bridgehead atoms. The number of hydrogen-bond acceptors (Lipinski definition) is 4. The standard InChI is InChI=1S/C26H33BrN2O4/c1-9-22(26(6,7)8)29(25(32)19-13-15(2)12-16(3)14-19)28-24(31)20-10-11-21(27)23(17(20)4)33-18(5)30/h10-14,22H,9H2,1-8H3,(H,28,31)/t22-/m1/s1. The molecule has 2 aromatic carbocycles. The van der Waals surface area contributed by atoms with Crippen LogP contribution in [0.5, 0.6) is 5.75 Å². The van der Waals surface area contributed by atoms with E-state index in [1.165, 1.54) is 11.9 Å². The first kappa shape index (κ1) is 26.6. The summed E-state index contributed by atoms with van der Waals surface area (Å²) in [5, 5.41) is 1.45. The van der Waals surface area contributed by atoms with Crippen LogP contribution in [0.4, 0.5) is 0 Å². The average Bonchev–Trinajstić information content (AvgIpc) is 2.68. The number of carbonyl (C=O) groups excluding carboxylic acids is 3. The molecule has 6 nitrogen and oxygen atoms in total. The maximum atomic E-state index is 13.6. The van der Waals surface area contributed by atoms with Crippen molar-refractivity contribution >= 4 is 33.7 Å². The van der Waals surface area contributed by atoms with Crippen molar-refractivity contribution < 1.29 is 19.1 Å². The van der Waals surface area contributed by atoms with Crippen molar-refractivity contribution in [3.05, 3.63) is 62.6 Å². The number of esters is 1. The molecule has 0 aliphatic heterocycles. The number of benzene rings is 2. The predicted octanol–water partition coefficient (Wildman–Crippen LogP) is 5.91. The minimum atomic E-state index is -0.484. The Labute approximate surface area is 204 Å². The molecule has 0 aromatic heterocycles. The minimum Gasteiger partial charge on any atom is -0.425 e. The summed E-state index contributed by atoms with van der Waals surface area (Å²) >= 11 is 3.36. The lowest BCUT2D eigenvalue weighted by molar-refractivity contribution is -0.132. The number of amides is 2. The highest BCUT2D eigenvalue weighted by atomic mass is 79.9. The summed E-state index contributed by atoms with van der Waals surface area (Å²) in [6.45, 7) is 15.0. The Morgan fingerprint density at radius 2 is 1.64 bits per heavy atom. The van der Waals surface area contributed by atoms with Gasteiger partial charge in [-0.25, -0.2) is 5.01 Å².